The van der Waals surface area contributed by atoms with Crippen LogP contribution in [0, 0.1) is 0 Å². The molecular formula is C12H14N4O3. The number of aromatic nitrogens is 3. The third-order valence-electron chi connectivity index (χ3n) is 2.83. The quantitative estimate of drug-likeness (QED) is 0.817. The van der Waals surface area contributed by atoms with E-state index >= 15 is 0 Å². The van der Waals surface area contributed by atoms with Gasteiger partial charge in [-0.05, 0) is 26.0 Å². The third kappa shape index (κ3) is 2.60. The molecule has 0 atom stereocenters. The fourth-order valence-electron chi connectivity index (χ4n) is 1.48. The van der Waals surface area contributed by atoms with E-state index in [2.05, 4.69) is 15.6 Å². The van der Waals surface area contributed by atoms with Crippen molar-refractivity contribution in [3.63, 3.8) is 0 Å². The van der Waals surface area contributed by atoms with E-state index in [0.717, 1.165) is 4.68 Å². The van der Waals surface area contributed by atoms with Crippen LogP contribution in [0.15, 0.2) is 29.1 Å². The number of carboxylic acid groups (broad SMARTS) is 1. The molecule has 7 heteroatoms. The molecule has 2 rings (SSSR count). The Morgan fingerprint density at radius 1 is 1.42 bits per heavy atom. The van der Waals surface area contributed by atoms with E-state index in [9.17, 15) is 9.59 Å². The van der Waals surface area contributed by atoms with E-state index in [-0.39, 0.29) is 12.2 Å². The minimum absolute atomic E-state index is 0.0179. The lowest BCUT2D eigenvalue weighted by Gasteiger charge is -2.20. The van der Waals surface area contributed by atoms with E-state index in [1.807, 2.05) is 0 Å². The number of carbonyl (C=O) groups is 1. The van der Waals surface area contributed by atoms with Gasteiger partial charge in [0.15, 0.2) is 0 Å². The Bertz CT molecular complexity index is 678. The van der Waals surface area contributed by atoms with Gasteiger partial charge in [0.1, 0.15) is 11.1 Å². The second kappa shape index (κ2) is 4.77. The van der Waals surface area contributed by atoms with Gasteiger partial charge in [-0.15, -0.1) is 5.10 Å². The SMILES string of the molecule is CC(C)(NCn1nnc2ccccc2c1=O)C(=O)O. The Morgan fingerprint density at radius 2 is 2.11 bits per heavy atom. The Balaban J connectivity index is 2.30. The predicted molar refractivity (Wildman–Crippen MR) is 68.6 cm³/mol. The number of aliphatic carboxylic acids is 1. The maximum atomic E-state index is 12.1. The summed E-state index contributed by atoms with van der Waals surface area (Å²) in [7, 11) is 0. The molecule has 1 aromatic carbocycles. The van der Waals surface area contributed by atoms with Crippen molar-refractivity contribution >= 4 is 16.9 Å². The normalized spacial score (nSPS) is 11.7. The monoisotopic (exact) mass is 262 g/mol. The fraction of sp³-hybridized carbons (Fsp3) is 0.333. The summed E-state index contributed by atoms with van der Waals surface area (Å²) >= 11 is 0. The zero-order valence-electron chi connectivity index (χ0n) is 10.6. The van der Waals surface area contributed by atoms with Crippen molar-refractivity contribution in [2.75, 3.05) is 0 Å². The van der Waals surface area contributed by atoms with E-state index < -0.39 is 11.5 Å². The van der Waals surface area contributed by atoms with Crippen LogP contribution < -0.4 is 10.9 Å². The molecule has 7 nitrogen and oxygen atoms in total. The topological polar surface area (TPSA) is 97.1 Å². The second-order valence-corrected chi connectivity index (χ2v) is 4.68. The maximum Gasteiger partial charge on any atom is 0.323 e. The number of nitrogens with zero attached hydrogens (tertiary/aromatic N) is 3. The lowest BCUT2D eigenvalue weighted by atomic mass is 10.1. The molecule has 0 aliphatic rings. The van der Waals surface area contributed by atoms with E-state index in [1.54, 1.807) is 24.3 Å². The second-order valence-electron chi connectivity index (χ2n) is 4.68. The van der Waals surface area contributed by atoms with E-state index in [4.69, 9.17) is 5.11 Å². The molecule has 100 valence electrons. The molecule has 0 aliphatic carbocycles. The summed E-state index contributed by atoms with van der Waals surface area (Å²) in [4.78, 5) is 23.0. The molecule has 0 bridgehead atoms. The van der Waals surface area contributed by atoms with E-state index in [1.165, 1.54) is 13.8 Å². The summed E-state index contributed by atoms with van der Waals surface area (Å²) in [5.41, 5.74) is -0.937. The smallest absolute Gasteiger partial charge is 0.323 e. The Hall–Kier alpha value is -2.28. The minimum atomic E-state index is -1.15. The van der Waals surface area contributed by atoms with Crippen LogP contribution in [0.5, 0.6) is 0 Å². The first kappa shape index (κ1) is 13.2. The number of hydrogen-bond acceptors (Lipinski definition) is 5. The highest BCUT2D eigenvalue weighted by Gasteiger charge is 2.26. The van der Waals surface area contributed by atoms with Crippen molar-refractivity contribution in [3.8, 4) is 0 Å². The van der Waals surface area contributed by atoms with Gasteiger partial charge in [0.2, 0.25) is 0 Å². The Kier molecular flexibility index (Phi) is 3.30. The predicted octanol–water partition coefficient (Wildman–Crippen LogP) is 0.202. The first-order chi connectivity index (χ1) is 8.92. The first-order valence-corrected chi connectivity index (χ1v) is 5.73. The molecule has 2 N–H and O–H groups in total. The number of fused-ring (bicyclic) bond motifs is 1. The van der Waals surface area contributed by atoms with Crippen LogP contribution in [0.3, 0.4) is 0 Å². The Labute approximate surface area is 108 Å². The van der Waals surface area contributed by atoms with Crippen molar-refractivity contribution in [2.45, 2.75) is 26.1 Å². The molecule has 0 fully saturated rings. The molecule has 2 aromatic rings. The molecule has 0 spiro atoms. The van der Waals surface area contributed by atoms with Gasteiger partial charge in [-0.25, -0.2) is 0 Å². The van der Waals surface area contributed by atoms with Crippen LogP contribution in [-0.4, -0.2) is 31.6 Å². The van der Waals surface area contributed by atoms with Crippen LogP contribution in [0.1, 0.15) is 13.8 Å². The molecule has 0 unspecified atom stereocenters. The lowest BCUT2D eigenvalue weighted by Crippen LogP contribution is -2.48. The fourth-order valence-corrected chi connectivity index (χ4v) is 1.48. The van der Waals surface area contributed by atoms with Crippen molar-refractivity contribution in [1.82, 2.24) is 20.3 Å². The molecular weight excluding hydrogens is 248 g/mol. The highest BCUT2D eigenvalue weighted by atomic mass is 16.4. The average Bonchev–Trinajstić information content (AvgIpc) is 2.38. The summed E-state index contributed by atoms with van der Waals surface area (Å²) in [6, 6.07) is 6.87. The number of carboxylic acids is 1. The molecule has 0 saturated heterocycles. The van der Waals surface area contributed by atoms with Crippen molar-refractivity contribution in [1.29, 1.82) is 0 Å². The molecule has 19 heavy (non-hydrogen) atoms. The van der Waals surface area contributed by atoms with Gasteiger partial charge < -0.3 is 5.11 Å². The van der Waals surface area contributed by atoms with Gasteiger partial charge in [0.05, 0.1) is 12.1 Å². The molecule has 1 aromatic heterocycles. The van der Waals surface area contributed by atoms with Crippen molar-refractivity contribution in [2.24, 2.45) is 0 Å². The number of nitrogens with one attached hydrogen (secondary N) is 1. The zero-order chi connectivity index (χ0) is 14.0. The third-order valence-corrected chi connectivity index (χ3v) is 2.83. The van der Waals surface area contributed by atoms with Crippen LogP contribution >= 0.6 is 0 Å². The lowest BCUT2D eigenvalue weighted by molar-refractivity contribution is -0.143. The maximum absolute atomic E-state index is 12.1. The summed E-state index contributed by atoms with van der Waals surface area (Å²) < 4.78 is 1.10. The molecule has 0 amide bonds. The van der Waals surface area contributed by atoms with Crippen molar-refractivity contribution < 1.29 is 9.90 Å². The van der Waals surface area contributed by atoms with Gasteiger partial charge >= 0.3 is 5.97 Å². The van der Waals surface area contributed by atoms with Crippen LogP contribution in [-0.2, 0) is 11.5 Å². The summed E-state index contributed by atoms with van der Waals surface area (Å²) in [5, 5.41) is 19.8. The van der Waals surface area contributed by atoms with E-state index in [0.29, 0.717) is 10.9 Å². The Morgan fingerprint density at radius 3 is 2.79 bits per heavy atom. The summed E-state index contributed by atoms with van der Waals surface area (Å²) in [6.45, 7) is 3.00. The van der Waals surface area contributed by atoms with Gasteiger partial charge in [0, 0.05) is 0 Å². The average molecular weight is 262 g/mol. The highest BCUT2D eigenvalue weighted by Crippen LogP contribution is 2.04. The van der Waals surface area contributed by atoms with Crippen LogP contribution in [0.25, 0.3) is 10.9 Å². The molecule has 1 heterocycles. The number of hydrogen-bond donors (Lipinski definition) is 2. The minimum Gasteiger partial charge on any atom is -0.480 e. The number of benzene rings is 1. The first-order valence-electron chi connectivity index (χ1n) is 5.73. The zero-order valence-corrected chi connectivity index (χ0v) is 10.6. The van der Waals surface area contributed by atoms with Gasteiger partial charge in [-0.1, -0.05) is 17.3 Å². The molecule has 0 radical (unpaired) electrons. The van der Waals surface area contributed by atoms with Gasteiger partial charge in [-0.3, -0.25) is 14.9 Å². The summed E-state index contributed by atoms with van der Waals surface area (Å²) in [6.07, 6.45) is 0. The standard InChI is InChI=1S/C12H14N4O3/c1-12(2,11(18)19)13-7-16-10(17)8-5-3-4-6-9(8)14-15-16/h3-6,13H,7H2,1-2H3,(H,18,19). The van der Waals surface area contributed by atoms with Gasteiger partial charge in [-0.2, -0.15) is 4.68 Å². The molecule has 0 saturated carbocycles. The highest BCUT2D eigenvalue weighted by molar-refractivity contribution is 5.77. The van der Waals surface area contributed by atoms with Crippen LogP contribution in [0.4, 0.5) is 0 Å². The molecule has 0 aliphatic heterocycles. The van der Waals surface area contributed by atoms with Gasteiger partial charge in [0.25, 0.3) is 5.56 Å². The largest absolute Gasteiger partial charge is 0.480 e. The van der Waals surface area contributed by atoms with Crippen molar-refractivity contribution in [3.05, 3.63) is 34.6 Å². The number of rotatable bonds is 4. The van der Waals surface area contributed by atoms with Crippen LogP contribution in [0.2, 0.25) is 0 Å². The summed E-state index contributed by atoms with van der Waals surface area (Å²) in [5.74, 6) is -1.01.